The Labute approximate surface area is 173 Å². The predicted molar refractivity (Wildman–Crippen MR) is 121 cm³/mol. The molecule has 0 aliphatic heterocycles. The van der Waals surface area contributed by atoms with Crippen LogP contribution in [0, 0.1) is 0 Å². The Morgan fingerprint density at radius 2 is 1.82 bits per heavy atom. The van der Waals surface area contributed by atoms with Crippen molar-refractivity contribution in [2.45, 2.75) is 12.8 Å². The maximum atomic E-state index is 12.3. The van der Waals surface area contributed by atoms with E-state index in [1.165, 1.54) is 16.9 Å². The van der Waals surface area contributed by atoms with Gasteiger partial charge in [-0.25, -0.2) is 0 Å². The summed E-state index contributed by atoms with van der Waals surface area (Å²) in [5.74, 6) is 0.645. The minimum atomic E-state index is -0.0861. The number of halogens is 1. The normalized spacial score (nSPS) is 12.4. The molecule has 0 unspecified atom stereocenters. The first-order valence-electron chi connectivity index (χ1n) is 8.96. The second kappa shape index (κ2) is 7.95. The second-order valence-corrected chi connectivity index (χ2v) is 8.20. The molecular formula is C22H23ClN2O2S. The fourth-order valence-electron chi connectivity index (χ4n) is 3.76. The van der Waals surface area contributed by atoms with Gasteiger partial charge in [-0.2, -0.15) is 0 Å². The summed E-state index contributed by atoms with van der Waals surface area (Å²) >= 11 is 1.42. The number of hydrogen-bond donors (Lipinski definition) is 2. The molecule has 146 valence electrons. The summed E-state index contributed by atoms with van der Waals surface area (Å²) in [6, 6.07) is 13.7. The van der Waals surface area contributed by atoms with Crippen molar-refractivity contribution in [3.05, 3.63) is 63.8 Å². The standard InChI is InChI=1S/C22H22N2O2S.ClH/c1-13(12-24(2)3)14-4-6-15(7-5-14)19-18(25)9-8-17-20(19)16-10-11-27-21(16)22(26)23-17;/h4-11,13,25H,12H2,1-3H3,(H,23,26);1H/t13-;/m0./s1. The first-order valence-corrected chi connectivity index (χ1v) is 9.84. The van der Waals surface area contributed by atoms with Crippen LogP contribution in [-0.2, 0) is 0 Å². The number of phenols is 1. The van der Waals surface area contributed by atoms with Gasteiger partial charge in [-0.3, -0.25) is 4.79 Å². The molecule has 0 aliphatic carbocycles. The maximum absolute atomic E-state index is 12.3. The monoisotopic (exact) mass is 414 g/mol. The Balaban J connectivity index is 0.00000225. The summed E-state index contributed by atoms with van der Waals surface area (Å²) in [6.07, 6.45) is 0. The van der Waals surface area contributed by atoms with Gasteiger partial charge in [-0.05, 0) is 54.7 Å². The van der Waals surface area contributed by atoms with Crippen LogP contribution in [0.15, 0.2) is 52.6 Å². The number of benzene rings is 2. The lowest BCUT2D eigenvalue weighted by atomic mass is 9.94. The molecule has 0 radical (unpaired) electrons. The number of hydrogen-bond acceptors (Lipinski definition) is 4. The Kier molecular flexibility index (Phi) is 5.79. The highest BCUT2D eigenvalue weighted by molar-refractivity contribution is 7.17. The molecule has 0 saturated carbocycles. The van der Waals surface area contributed by atoms with Crippen molar-refractivity contribution in [3.63, 3.8) is 0 Å². The van der Waals surface area contributed by atoms with Crippen molar-refractivity contribution in [2.75, 3.05) is 20.6 Å². The average Bonchev–Trinajstić information content (AvgIpc) is 3.12. The van der Waals surface area contributed by atoms with Gasteiger partial charge in [0.25, 0.3) is 5.56 Å². The number of nitrogens with zero attached hydrogens (tertiary/aromatic N) is 1. The van der Waals surface area contributed by atoms with E-state index in [0.29, 0.717) is 10.6 Å². The molecule has 0 amide bonds. The summed E-state index contributed by atoms with van der Waals surface area (Å²) in [5, 5.41) is 14.3. The van der Waals surface area contributed by atoms with Crippen LogP contribution in [0.3, 0.4) is 0 Å². The highest BCUT2D eigenvalue weighted by Gasteiger charge is 2.16. The molecule has 6 heteroatoms. The largest absolute Gasteiger partial charge is 0.507 e. The van der Waals surface area contributed by atoms with Gasteiger partial charge in [0.05, 0.1) is 0 Å². The molecule has 2 N–H and O–H groups in total. The number of aromatic nitrogens is 1. The quantitative estimate of drug-likeness (QED) is 0.482. The zero-order valence-corrected chi connectivity index (χ0v) is 17.7. The second-order valence-electron chi connectivity index (χ2n) is 7.29. The van der Waals surface area contributed by atoms with E-state index in [0.717, 1.165) is 34.0 Å². The molecule has 0 fully saturated rings. The minimum absolute atomic E-state index is 0. The number of phenolic OH excluding ortho intramolecular Hbond substituents is 1. The lowest BCUT2D eigenvalue weighted by Gasteiger charge is -2.18. The number of nitrogens with one attached hydrogen (secondary N) is 1. The number of thiophene rings is 1. The van der Waals surface area contributed by atoms with Crippen molar-refractivity contribution >= 4 is 44.7 Å². The molecule has 4 nitrogen and oxygen atoms in total. The van der Waals surface area contributed by atoms with Crippen molar-refractivity contribution in [3.8, 4) is 16.9 Å². The third kappa shape index (κ3) is 3.53. The van der Waals surface area contributed by atoms with Crippen molar-refractivity contribution < 1.29 is 5.11 Å². The van der Waals surface area contributed by atoms with Gasteiger partial charge < -0.3 is 15.0 Å². The molecule has 4 aromatic rings. The smallest absolute Gasteiger partial charge is 0.266 e. The van der Waals surface area contributed by atoms with Crippen LogP contribution in [-0.4, -0.2) is 35.6 Å². The fourth-order valence-corrected chi connectivity index (χ4v) is 4.56. The van der Waals surface area contributed by atoms with Crippen LogP contribution < -0.4 is 5.56 Å². The zero-order valence-electron chi connectivity index (χ0n) is 16.0. The lowest BCUT2D eigenvalue weighted by Crippen LogP contribution is -2.18. The van der Waals surface area contributed by atoms with E-state index in [4.69, 9.17) is 0 Å². The number of aromatic hydroxyl groups is 1. The van der Waals surface area contributed by atoms with E-state index in [1.54, 1.807) is 12.1 Å². The predicted octanol–water partition coefficient (Wildman–Crippen LogP) is 5.20. The molecule has 1 atom stereocenters. The molecule has 2 aromatic carbocycles. The Morgan fingerprint density at radius 3 is 2.50 bits per heavy atom. The Hall–Kier alpha value is -2.34. The summed E-state index contributed by atoms with van der Waals surface area (Å²) in [5.41, 5.74) is 3.62. The van der Waals surface area contributed by atoms with Crippen LogP contribution in [0.1, 0.15) is 18.4 Å². The van der Waals surface area contributed by atoms with E-state index in [1.807, 2.05) is 11.4 Å². The van der Waals surface area contributed by atoms with E-state index in [2.05, 4.69) is 55.2 Å². The van der Waals surface area contributed by atoms with Gasteiger partial charge in [-0.1, -0.05) is 31.2 Å². The number of rotatable bonds is 4. The molecule has 4 rings (SSSR count). The topological polar surface area (TPSA) is 56.3 Å². The van der Waals surface area contributed by atoms with E-state index < -0.39 is 0 Å². The third-order valence-electron chi connectivity index (χ3n) is 4.98. The Bertz CT molecular complexity index is 1180. The number of likely N-dealkylation sites (N-methyl/N-ethyl adjacent to an activating group) is 1. The molecule has 28 heavy (non-hydrogen) atoms. The lowest BCUT2D eigenvalue weighted by molar-refractivity contribution is 0.383. The number of aromatic amines is 1. The van der Waals surface area contributed by atoms with Crippen LogP contribution in [0.5, 0.6) is 5.75 Å². The molecule has 0 bridgehead atoms. The third-order valence-corrected chi connectivity index (χ3v) is 5.89. The Morgan fingerprint density at radius 1 is 1.11 bits per heavy atom. The summed E-state index contributed by atoms with van der Waals surface area (Å²) in [6.45, 7) is 3.19. The van der Waals surface area contributed by atoms with E-state index in [-0.39, 0.29) is 23.7 Å². The molecule has 2 heterocycles. The summed E-state index contributed by atoms with van der Waals surface area (Å²) in [7, 11) is 4.15. The van der Waals surface area contributed by atoms with Gasteiger partial charge in [0.1, 0.15) is 10.4 Å². The van der Waals surface area contributed by atoms with E-state index in [9.17, 15) is 9.90 Å². The average molecular weight is 415 g/mol. The van der Waals surface area contributed by atoms with Crippen LogP contribution in [0.25, 0.3) is 32.1 Å². The zero-order chi connectivity index (χ0) is 19.1. The van der Waals surface area contributed by atoms with Crippen LogP contribution >= 0.6 is 23.7 Å². The van der Waals surface area contributed by atoms with Crippen LogP contribution in [0.2, 0.25) is 0 Å². The molecular weight excluding hydrogens is 392 g/mol. The molecule has 2 aromatic heterocycles. The SMILES string of the molecule is C[C@@H](CN(C)C)c1ccc(-c2c(O)ccc3[nH]c(=O)c4sccc4c23)cc1.Cl. The number of fused-ring (bicyclic) bond motifs is 3. The van der Waals surface area contributed by atoms with Gasteiger partial charge in [0.2, 0.25) is 0 Å². The number of H-pyrrole nitrogens is 1. The van der Waals surface area contributed by atoms with Gasteiger partial charge in [0.15, 0.2) is 0 Å². The molecule has 0 aliphatic rings. The van der Waals surface area contributed by atoms with Crippen molar-refractivity contribution in [2.24, 2.45) is 0 Å². The molecule has 0 spiro atoms. The van der Waals surface area contributed by atoms with Gasteiger partial charge >= 0.3 is 0 Å². The maximum Gasteiger partial charge on any atom is 0.266 e. The van der Waals surface area contributed by atoms with Crippen LogP contribution in [0.4, 0.5) is 0 Å². The van der Waals surface area contributed by atoms with Crippen molar-refractivity contribution in [1.82, 2.24) is 9.88 Å². The minimum Gasteiger partial charge on any atom is -0.507 e. The number of pyridine rings is 1. The highest BCUT2D eigenvalue weighted by atomic mass is 35.5. The first-order chi connectivity index (χ1) is 13.0. The summed E-state index contributed by atoms with van der Waals surface area (Å²) in [4.78, 5) is 17.4. The van der Waals surface area contributed by atoms with Crippen molar-refractivity contribution in [1.29, 1.82) is 0 Å². The first kappa shape index (κ1) is 20.4. The summed E-state index contributed by atoms with van der Waals surface area (Å²) < 4.78 is 0.686. The highest BCUT2D eigenvalue weighted by Crippen LogP contribution is 2.39. The van der Waals surface area contributed by atoms with E-state index >= 15 is 0 Å². The van der Waals surface area contributed by atoms with Gasteiger partial charge in [-0.15, -0.1) is 23.7 Å². The van der Waals surface area contributed by atoms with Gasteiger partial charge in [0, 0.05) is 28.4 Å². The molecule has 0 saturated heterocycles. The fraction of sp³-hybridized carbons (Fsp3) is 0.227.